The molecule has 0 amide bonds. The van der Waals surface area contributed by atoms with Crippen LogP contribution in [0, 0.1) is 11.3 Å². The average Bonchev–Trinajstić information content (AvgIpc) is 2.97. The quantitative estimate of drug-likeness (QED) is 0.668. The van der Waals surface area contributed by atoms with Crippen LogP contribution < -0.4 is 0 Å². The van der Waals surface area contributed by atoms with Crippen molar-refractivity contribution >= 4 is 5.65 Å². The average molecular weight is 224 g/mol. The lowest BCUT2D eigenvalue weighted by atomic mass is 10.1. The van der Waals surface area contributed by atoms with Crippen LogP contribution in [-0.2, 0) is 6.42 Å². The summed E-state index contributed by atoms with van der Waals surface area (Å²) in [5.41, 5.74) is 2.17. The van der Waals surface area contributed by atoms with Crippen LogP contribution in [0.25, 0.3) is 17.1 Å². The maximum absolute atomic E-state index is 8.87. The molecule has 0 saturated carbocycles. The summed E-state index contributed by atoms with van der Waals surface area (Å²) in [5, 5.41) is 13.3. The number of aromatic nitrogens is 3. The summed E-state index contributed by atoms with van der Waals surface area (Å²) in [4.78, 5) is 4.24. The minimum atomic E-state index is 0.260. The third-order valence-electron chi connectivity index (χ3n) is 2.50. The number of hydrogen-bond acceptors (Lipinski definition) is 4. The van der Waals surface area contributed by atoms with Crippen LogP contribution in [0.2, 0.25) is 0 Å². The summed E-state index contributed by atoms with van der Waals surface area (Å²) in [6.07, 6.45) is 5.33. The van der Waals surface area contributed by atoms with Gasteiger partial charge in [-0.25, -0.2) is 9.50 Å². The van der Waals surface area contributed by atoms with E-state index in [9.17, 15) is 0 Å². The van der Waals surface area contributed by atoms with Gasteiger partial charge in [-0.1, -0.05) is 0 Å². The van der Waals surface area contributed by atoms with Gasteiger partial charge < -0.3 is 4.42 Å². The Morgan fingerprint density at radius 3 is 3.12 bits per heavy atom. The van der Waals surface area contributed by atoms with Crippen LogP contribution in [0.15, 0.2) is 41.3 Å². The van der Waals surface area contributed by atoms with E-state index in [4.69, 9.17) is 9.68 Å². The third-order valence-corrected chi connectivity index (χ3v) is 2.50. The fraction of sp³-hybridized carbons (Fsp3) is 0.0833. The van der Waals surface area contributed by atoms with E-state index in [2.05, 4.69) is 16.2 Å². The van der Waals surface area contributed by atoms with Crippen LogP contribution >= 0.6 is 0 Å². The number of hydrogen-bond donors (Lipinski definition) is 0. The molecular formula is C12H8N4O. The first-order valence-electron chi connectivity index (χ1n) is 5.13. The zero-order valence-electron chi connectivity index (χ0n) is 8.87. The molecule has 5 nitrogen and oxygen atoms in total. The molecule has 0 aliphatic heterocycles. The maximum Gasteiger partial charge on any atom is 0.159 e. The van der Waals surface area contributed by atoms with Gasteiger partial charge in [0.05, 0.1) is 18.8 Å². The lowest BCUT2D eigenvalue weighted by molar-refractivity contribution is 0.579. The van der Waals surface area contributed by atoms with Crippen molar-refractivity contribution < 1.29 is 4.42 Å². The monoisotopic (exact) mass is 224 g/mol. The van der Waals surface area contributed by atoms with Gasteiger partial charge in [0.25, 0.3) is 0 Å². The largest absolute Gasteiger partial charge is 0.463 e. The molecule has 17 heavy (non-hydrogen) atoms. The lowest BCUT2D eigenvalue weighted by Gasteiger charge is -1.93. The highest BCUT2D eigenvalue weighted by molar-refractivity contribution is 5.67. The lowest BCUT2D eigenvalue weighted by Crippen LogP contribution is -1.88. The SMILES string of the molecule is N#CCc1c(-c2ccco2)nn2cccnc12. The summed E-state index contributed by atoms with van der Waals surface area (Å²) in [6.45, 7) is 0. The van der Waals surface area contributed by atoms with Crippen molar-refractivity contribution in [2.24, 2.45) is 0 Å². The predicted molar refractivity (Wildman–Crippen MR) is 60.0 cm³/mol. The smallest absolute Gasteiger partial charge is 0.159 e. The van der Waals surface area contributed by atoms with Gasteiger partial charge in [0.1, 0.15) is 5.69 Å². The fourth-order valence-electron chi connectivity index (χ4n) is 1.79. The van der Waals surface area contributed by atoms with E-state index >= 15 is 0 Å². The van der Waals surface area contributed by atoms with Crippen molar-refractivity contribution in [2.75, 3.05) is 0 Å². The van der Waals surface area contributed by atoms with Gasteiger partial charge >= 0.3 is 0 Å². The first kappa shape index (κ1) is 9.60. The Labute approximate surface area is 96.9 Å². The molecule has 0 atom stereocenters. The van der Waals surface area contributed by atoms with Crippen LogP contribution in [0.1, 0.15) is 5.56 Å². The summed E-state index contributed by atoms with van der Waals surface area (Å²) >= 11 is 0. The Bertz CT molecular complexity index is 691. The number of nitrogens with zero attached hydrogens (tertiary/aromatic N) is 4. The van der Waals surface area contributed by atoms with Crippen LogP contribution in [0.4, 0.5) is 0 Å². The second kappa shape index (κ2) is 3.76. The normalized spacial score (nSPS) is 10.5. The molecule has 3 heterocycles. The highest BCUT2D eigenvalue weighted by Crippen LogP contribution is 2.25. The third kappa shape index (κ3) is 1.47. The summed E-state index contributed by atoms with van der Waals surface area (Å²) in [5.74, 6) is 0.653. The molecule has 0 spiro atoms. The van der Waals surface area contributed by atoms with Crippen molar-refractivity contribution in [1.29, 1.82) is 5.26 Å². The van der Waals surface area contributed by atoms with E-state index in [0.717, 1.165) is 5.56 Å². The van der Waals surface area contributed by atoms with Gasteiger partial charge in [0.15, 0.2) is 11.4 Å². The molecule has 0 aliphatic rings. The Kier molecular flexibility index (Phi) is 2.12. The van der Waals surface area contributed by atoms with E-state index in [1.54, 1.807) is 35.3 Å². The van der Waals surface area contributed by atoms with E-state index in [1.807, 2.05) is 6.07 Å². The maximum atomic E-state index is 8.87. The van der Waals surface area contributed by atoms with E-state index in [1.165, 1.54) is 0 Å². The first-order valence-corrected chi connectivity index (χ1v) is 5.13. The van der Waals surface area contributed by atoms with Gasteiger partial charge in [0.2, 0.25) is 0 Å². The molecule has 0 unspecified atom stereocenters. The second-order valence-corrected chi connectivity index (χ2v) is 3.53. The molecule has 0 aliphatic carbocycles. The molecule has 82 valence electrons. The highest BCUT2D eigenvalue weighted by atomic mass is 16.3. The van der Waals surface area contributed by atoms with Crippen molar-refractivity contribution in [1.82, 2.24) is 14.6 Å². The Hall–Kier alpha value is -2.61. The van der Waals surface area contributed by atoms with Gasteiger partial charge in [-0.15, -0.1) is 0 Å². The number of nitriles is 1. The molecule has 0 aromatic carbocycles. The van der Waals surface area contributed by atoms with Crippen LogP contribution in [0.5, 0.6) is 0 Å². The van der Waals surface area contributed by atoms with Crippen molar-refractivity contribution in [3.05, 3.63) is 42.4 Å². The zero-order chi connectivity index (χ0) is 11.7. The Balaban J connectivity index is 2.31. The topological polar surface area (TPSA) is 67.1 Å². The highest BCUT2D eigenvalue weighted by Gasteiger charge is 2.16. The molecule has 0 bridgehead atoms. The predicted octanol–water partition coefficient (Wildman–Crippen LogP) is 2.06. The van der Waals surface area contributed by atoms with Crippen molar-refractivity contribution in [2.45, 2.75) is 6.42 Å². The van der Waals surface area contributed by atoms with E-state index in [0.29, 0.717) is 17.1 Å². The van der Waals surface area contributed by atoms with Gasteiger partial charge in [-0.2, -0.15) is 10.4 Å². The number of fused-ring (bicyclic) bond motifs is 1. The second-order valence-electron chi connectivity index (χ2n) is 3.53. The van der Waals surface area contributed by atoms with Crippen LogP contribution in [0.3, 0.4) is 0 Å². The van der Waals surface area contributed by atoms with Gasteiger partial charge in [0, 0.05) is 18.0 Å². The molecule has 3 aromatic rings. The van der Waals surface area contributed by atoms with E-state index < -0.39 is 0 Å². The molecular weight excluding hydrogens is 216 g/mol. The van der Waals surface area contributed by atoms with Crippen molar-refractivity contribution in [3.63, 3.8) is 0 Å². The molecule has 5 heteroatoms. The molecule has 0 radical (unpaired) electrons. The van der Waals surface area contributed by atoms with E-state index in [-0.39, 0.29) is 6.42 Å². The van der Waals surface area contributed by atoms with Crippen molar-refractivity contribution in [3.8, 4) is 17.5 Å². The van der Waals surface area contributed by atoms with Gasteiger partial charge in [-0.3, -0.25) is 0 Å². The zero-order valence-corrected chi connectivity index (χ0v) is 8.87. The summed E-state index contributed by atoms with van der Waals surface area (Å²) < 4.78 is 6.98. The standard InChI is InChI=1S/C12H8N4O/c13-5-4-9-11(10-3-1-8-17-10)15-16-7-2-6-14-12(9)16/h1-3,6-8H,4H2. The minimum Gasteiger partial charge on any atom is -0.463 e. The molecule has 3 rings (SSSR count). The Morgan fingerprint density at radius 1 is 1.41 bits per heavy atom. The molecule has 0 fully saturated rings. The Morgan fingerprint density at radius 2 is 2.35 bits per heavy atom. The molecule has 3 aromatic heterocycles. The molecule has 0 N–H and O–H groups in total. The number of furan rings is 1. The number of rotatable bonds is 2. The van der Waals surface area contributed by atoms with Gasteiger partial charge in [-0.05, 0) is 18.2 Å². The van der Waals surface area contributed by atoms with Crippen LogP contribution in [-0.4, -0.2) is 14.6 Å². The minimum absolute atomic E-state index is 0.260. The summed E-state index contributed by atoms with van der Waals surface area (Å²) in [7, 11) is 0. The molecule has 0 saturated heterocycles. The summed E-state index contributed by atoms with van der Waals surface area (Å²) in [6, 6.07) is 7.54. The first-order chi connectivity index (χ1) is 8.40. The fourth-order valence-corrected chi connectivity index (χ4v) is 1.79.